The molecule has 0 radical (unpaired) electrons. The van der Waals surface area contributed by atoms with E-state index in [1.165, 1.54) is 0 Å². The van der Waals surface area contributed by atoms with Crippen molar-refractivity contribution in [1.29, 1.82) is 0 Å². The molecular formula is C11H16O5. The second-order valence-electron chi connectivity index (χ2n) is 4.20. The Morgan fingerprint density at radius 3 is 2.94 bits per heavy atom. The monoisotopic (exact) mass is 228 g/mol. The van der Waals surface area contributed by atoms with E-state index in [0.717, 1.165) is 0 Å². The average molecular weight is 228 g/mol. The lowest BCUT2D eigenvalue weighted by Crippen LogP contribution is -2.48. The van der Waals surface area contributed by atoms with Crippen molar-refractivity contribution in [3.63, 3.8) is 0 Å². The van der Waals surface area contributed by atoms with Gasteiger partial charge in [0, 0.05) is 12.8 Å². The van der Waals surface area contributed by atoms with E-state index >= 15 is 0 Å². The van der Waals surface area contributed by atoms with Crippen LogP contribution in [0.5, 0.6) is 0 Å². The summed E-state index contributed by atoms with van der Waals surface area (Å²) in [4.78, 5) is 23.2. The molecule has 0 spiro atoms. The van der Waals surface area contributed by atoms with Crippen molar-refractivity contribution in [3.8, 4) is 0 Å². The molecule has 0 aromatic heterocycles. The van der Waals surface area contributed by atoms with Gasteiger partial charge in [-0.05, 0) is 19.8 Å². The fourth-order valence-electron chi connectivity index (χ4n) is 2.03. The molecule has 0 aromatic carbocycles. The van der Waals surface area contributed by atoms with Gasteiger partial charge in [-0.25, -0.2) is 4.79 Å². The van der Waals surface area contributed by atoms with Gasteiger partial charge < -0.3 is 14.2 Å². The highest BCUT2D eigenvalue weighted by atomic mass is 16.6. The van der Waals surface area contributed by atoms with E-state index in [0.29, 0.717) is 38.9 Å². The van der Waals surface area contributed by atoms with Gasteiger partial charge in [-0.1, -0.05) is 0 Å². The molecule has 16 heavy (non-hydrogen) atoms. The lowest BCUT2D eigenvalue weighted by molar-refractivity contribution is -0.190. The van der Waals surface area contributed by atoms with Crippen LogP contribution < -0.4 is 0 Å². The average Bonchev–Trinajstić information content (AvgIpc) is 3.02. The fraction of sp³-hybridized carbons (Fsp3) is 0.818. The standard InChI is InChI=1S/C11H16O5/c1-2-14-10(13)11(6-8-7-15-8)5-3-4-9(12)16-11/h8H,2-7H2,1H3/t8?,11-/m0/s1. The van der Waals surface area contributed by atoms with Crippen LogP contribution in [0.2, 0.25) is 0 Å². The molecule has 0 aliphatic carbocycles. The van der Waals surface area contributed by atoms with Crippen LogP contribution in [0.25, 0.3) is 0 Å². The number of carbonyl (C=O) groups excluding carboxylic acids is 2. The van der Waals surface area contributed by atoms with Crippen LogP contribution in [0, 0.1) is 0 Å². The molecule has 90 valence electrons. The summed E-state index contributed by atoms with van der Waals surface area (Å²) in [6.07, 6.45) is 2.06. The Hall–Kier alpha value is -1.10. The summed E-state index contributed by atoms with van der Waals surface area (Å²) in [7, 11) is 0. The van der Waals surface area contributed by atoms with Crippen LogP contribution >= 0.6 is 0 Å². The summed E-state index contributed by atoms with van der Waals surface area (Å²) in [5, 5.41) is 0. The number of esters is 2. The second-order valence-corrected chi connectivity index (χ2v) is 4.20. The smallest absolute Gasteiger partial charge is 0.350 e. The van der Waals surface area contributed by atoms with Crippen molar-refractivity contribution in [2.24, 2.45) is 0 Å². The van der Waals surface area contributed by atoms with Crippen LogP contribution in [0.4, 0.5) is 0 Å². The summed E-state index contributed by atoms with van der Waals surface area (Å²) in [5.41, 5.74) is -1.09. The van der Waals surface area contributed by atoms with E-state index in [2.05, 4.69) is 0 Å². The Morgan fingerprint density at radius 2 is 2.38 bits per heavy atom. The van der Waals surface area contributed by atoms with Gasteiger partial charge in [0.15, 0.2) is 0 Å². The maximum Gasteiger partial charge on any atom is 0.350 e. The van der Waals surface area contributed by atoms with Crippen molar-refractivity contribution in [3.05, 3.63) is 0 Å². The molecule has 0 aromatic rings. The van der Waals surface area contributed by atoms with E-state index in [4.69, 9.17) is 14.2 Å². The third kappa shape index (κ3) is 2.35. The second kappa shape index (κ2) is 4.41. The number of cyclic esters (lactones) is 1. The number of carbonyl (C=O) groups is 2. The van der Waals surface area contributed by atoms with E-state index in [1.54, 1.807) is 6.92 Å². The molecule has 0 amide bonds. The molecule has 2 aliphatic rings. The Balaban J connectivity index is 2.09. The van der Waals surface area contributed by atoms with Gasteiger partial charge in [0.05, 0.1) is 19.3 Å². The van der Waals surface area contributed by atoms with E-state index in [9.17, 15) is 9.59 Å². The minimum absolute atomic E-state index is 0.0373. The zero-order valence-electron chi connectivity index (χ0n) is 9.36. The van der Waals surface area contributed by atoms with E-state index in [-0.39, 0.29) is 12.1 Å². The Kier molecular flexibility index (Phi) is 3.14. The third-order valence-electron chi connectivity index (χ3n) is 2.88. The summed E-state index contributed by atoms with van der Waals surface area (Å²) >= 11 is 0. The number of hydrogen-bond donors (Lipinski definition) is 0. The Morgan fingerprint density at radius 1 is 1.62 bits per heavy atom. The maximum atomic E-state index is 11.9. The molecule has 5 heteroatoms. The van der Waals surface area contributed by atoms with Crippen molar-refractivity contribution >= 4 is 11.9 Å². The minimum Gasteiger partial charge on any atom is -0.463 e. The van der Waals surface area contributed by atoms with Crippen molar-refractivity contribution < 1.29 is 23.8 Å². The summed E-state index contributed by atoms with van der Waals surface area (Å²) in [6.45, 7) is 2.67. The number of ether oxygens (including phenoxy) is 3. The van der Waals surface area contributed by atoms with Crippen molar-refractivity contribution in [1.82, 2.24) is 0 Å². The van der Waals surface area contributed by atoms with Gasteiger partial charge in [0.25, 0.3) is 0 Å². The van der Waals surface area contributed by atoms with Gasteiger partial charge in [-0.3, -0.25) is 4.79 Å². The number of hydrogen-bond acceptors (Lipinski definition) is 5. The topological polar surface area (TPSA) is 65.1 Å². The van der Waals surface area contributed by atoms with Crippen LogP contribution in [0.3, 0.4) is 0 Å². The van der Waals surface area contributed by atoms with Gasteiger partial charge in [-0.15, -0.1) is 0 Å². The van der Waals surface area contributed by atoms with Crippen LogP contribution in [0.15, 0.2) is 0 Å². The SMILES string of the molecule is CCOC(=O)[C@@]1(CC2CO2)CCCC(=O)O1. The fourth-order valence-corrected chi connectivity index (χ4v) is 2.03. The molecule has 1 unspecified atom stereocenters. The molecule has 2 saturated heterocycles. The molecule has 2 aliphatic heterocycles. The highest BCUT2D eigenvalue weighted by Crippen LogP contribution is 2.35. The molecule has 2 atom stereocenters. The molecule has 0 N–H and O–H groups in total. The van der Waals surface area contributed by atoms with Crippen LogP contribution in [0.1, 0.15) is 32.6 Å². The molecule has 2 heterocycles. The highest BCUT2D eigenvalue weighted by Gasteiger charge is 2.49. The van der Waals surface area contributed by atoms with Gasteiger partial charge in [0.1, 0.15) is 0 Å². The lowest BCUT2D eigenvalue weighted by atomic mass is 9.89. The predicted octanol–water partition coefficient (Wildman–Crippen LogP) is 0.804. The Bertz CT molecular complexity index is 297. The predicted molar refractivity (Wildman–Crippen MR) is 53.7 cm³/mol. The van der Waals surface area contributed by atoms with Crippen LogP contribution in [-0.2, 0) is 23.8 Å². The first-order valence-electron chi connectivity index (χ1n) is 5.67. The first kappa shape index (κ1) is 11.4. The van der Waals surface area contributed by atoms with Gasteiger partial charge in [0.2, 0.25) is 5.60 Å². The lowest BCUT2D eigenvalue weighted by Gasteiger charge is -2.33. The molecule has 5 nitrogen and oxygen atoms in total. The van der Waals surface area contributed by atoms with Crippen LogP contribution in [-0.4, -0.2) is 36.9 Å². The zero-order valence-corrected chi connectivity index (χ0v) is 9.36. The van der Waals surface area contributed by atoms with E-state index in [1.807, 2.05) is 0 Å². The molecule has 0 saturated carbocycles. The maximum absolute atomic E-state index is 11.9. The summed E-state index contributed by atoms with van der Waals surface area (Å²) < 4.78 is 15.3. The minimum atomic E-state index is -1.09. The zero-order chi connectivity index (χ0) is 11.6. The number of epoxide rings is 1. The summed E-state index contributed by atoms with van der Waals surface area (Å²) in [6, 6.07) is 0. The molecular weight excluding hydrogens is 212 g/mol. The van der Waals surface area contributed by atoms with E-state index < -0.39 is 11.6 Å². The largest absolute Gasteiger partial charge is 0.463 e. The Labute approximate surface area is 94.0 Å². The molecule has 0 bridgehead atoms. The number of rotatable bonds is 4. The highest BCUT2D eigenvalue weighted by molar-refractivity contribution is 5.84. The van der Waals surface area contributed by atoms with Gasteiger partial charge >= 0.3 is 11.9 Å². The first-order valence-corrected chi connectivity index (χ1v) is 5.67. The summed E-state index contributed by atoms with van der Waals surface area (Å²) in [5.74, 6) is -0.751. The quantitative estimate of drug-likeness (QED) is 0.526. The van der Waals surface area contributed by atoms with Crippen molar-refractivity contribution in [2.45, 2.75) is 44.3 Å². The molecule has 2 rings (SSSR count). The molecule has 2 fully saturated rings. The third-order valence-corrected chi connectivity index (χ3v) is 2.88. The first-order chi connectivity index (χ1) is 7.66. The van der Waals surface area contributed by atoms with Gasteiger partial charge in [-0.2, -0.15) is 0 Å². The normalized spacial score (nSPS) is 33.1. The van der Waals surface area contributed by atoms with Crippen molar-refractivity contribution in [2.75, 3.05) is 13.2 Å².